The van der Waals surface area contributed by atoms with E-state index in [1.165, 1.54) is 25.3 Å². The van der Waals surface area contributed by atoms with Crippen LogP contribution >= 0.6 is 0 Å². The average molecular weight is 415 g/mol. The largest absolute Gasteiger partial charge is 0.496 e. The number of hydrogen-bond acceptors (Lipinski definition) is 6. The van der Waals surface area contributed by atoms with Gasteiger partial charge in [0.1, 0.15) is 11.3 Å². The zero-order chi connectivity index (χ0) is 20.6. The number of hydrogen-bond donors (Lipinski definition) is 1. The molecule has 0 aliphatic carbocycles. The second-order valence-electron chi connectivity index (χ2n) is 6.99. The van der Waals surface area contributed by atoms with Crippen molar-refractivity contribution in [3.63, 3.8) is 0 Å². The number of benzene rings is 2. The first-order chi connectivity index (χ1) is 13.9. The number of ether oxygens (including phenoxy) is 1. The summed E-state index contributed by atoms with van der Waals surface area (Å²) in [4.78, 5) is 19.1. The fraction of sp³-hybridized carbons (Fsp3) is 0.300. The normalized spacial score (nSPS) is 15.6. The monoisotopic (exact) mass is 415 g/mol. The lowest BCUT2D eigenvalue weighted by Crippen LogP contribution is -2.38. The fourth-order valence-electron chi connectivity index (χ4n) is 3.60. The van der Waals surface area contributed by atoms with Crippen LogP contribution in [0.3, 0.4) is 0 Å². The van der Waals surface area contributed by atoms with Gasteiger partial charge in [-0.3, -0.25) is 4.79 Å². The highest BCUT2D eigenvalue weighted by atomic mass is 32.2. The molecule has 4 rings (SSSR count). The van der Waals surface area contributed by atoms with Crippen LogP contribution in [0.2, 0.25) is 0 Å². The van der Waals surface area contributed by atoms with Gasteiger partial charge >= 0.3 is 0 Å². The lowest BCUT2D eigenvalue weighted by atomic mass is 9.96. The lowest BCUT2D eigenvalue weighted by molar-refractivity contribution is 0.0703. The minimum Gasteiger partial charge on any atom is -0.496 e. The summed E-state index contributed by atoms with van der Waals surface area (Å²) in [5.74, 6) is 0.836. The van der Waals surface area contributed by atoms with E-state index in [2.05, 4.69) is 4.98 Å². The van der Waals surface area contributed by atoms with E-state index >= 15 is 0 Å². The highest BCUT2D eigenvalue weighted by Gasteiger charge is 2.29. The first-order valence-corrected chi connectivity index (χ1v) is 10.8. The Labute approximate surface area is 168 Å². The molecule has 8 nitrogen and oxygen atoms in total. The van der Waals surface area contributed by atoms with Crippen molar-refractivity contribution in [2.24, 2.45) is 5.14 Å². The third-order valence-electron chi connectivity index (χ3n) is 5.17. The Balaban J connectivity index is 1.52. The van der Waals surface area contributed by atoms with E-state index in [4.69, 9.17) is 14.3 Å². The fourth-order valence-corrected chi connectivity index (χ4v) is 4.14. The lowest BCUT2D eigenvalue weighted by Gasteiger charge is -2.31. The molecule has 1 fully saturated rings. The van der Waals surface area contributed by atoms with E-state index in [-0.39, 0.29) is 22.3 Å². The van der Waals surface area contributed by atoms with Crippen LogP contribution in [0.25, 0.3) is 11.1 Å². The molecule has 2 aromatic carbocycles. The van der Waals surface area contributed by atoms with Crippen molar-refractivity contribution in [3.8, 4) is 5.75 Å². The van der Waals surface area contributed by atoms with Crippen molar-refractivity contribution in [1.82, 2.24) is 9.88 Å². The van der Waals surface area contributed by atoms with Gasteiger partial charge in [-0.15, -0.1) is 0 Å². The van der Waals surface area contributed by atoms with Crippen LogP contribution in [0.4, 0.5) is 0 Å². The second kappa shape index (κ2) is 7.49. The number of methoxy groups -OCH3 is 1. The molecule has 0 saturated carbocycles. The van der Waals surface area contributed by atoms with Gasteiger partial charge in [0.25, 0.3) is 5.91 Å². The summed E-state index contributed by atoms with van der Waals surface area (Å²) in [6.45, 7) is 1.01. The van der Waals surface area contributed by atoms with Crippen LogP contribution in [0.1, 0.15) is 35.0 Å². The van der Waals surface area contributed by atoms with Gasteiger partial charge in [0, 0.05) is 19.0 Å². The van der Waals surface area contributed by atoms with E-state index in [0.29, 0.717) is 37.6 Å². The molecule has 0 spiro atoms. The summed E-state index contributed by atoms with van der Waals surface area (Å²) < 4.78 is 34.4. The van der Waals surface area contributed by atoms with Gasteiger partial charge in [-0.05, 0) is 43.2 Å². The molecule has 1 aliphatic rings. The molecule has 1 amide bonds. The number of fused-ring (bicyclic) bond motifs is 1. The summed E-state index contributed by atoms with van der Waals surface area (Å²) in [5, 5.41) is 5.20. The summed E-state index contributed by atoms with van der Waals surface area (Å²) in [7, 11) is -2.49. The average Bonchev–Trinajstić information content (AvgIpc) is 3.16. The van der Waals surface area contributed by atoms with Crippen molar-refractivity contribution in [1.29, 1.82) is 0 Å². The molecule has 1 aliphatic heterocycles. The molecule has 0 unspecified atom stereocenters. The van der Waals surface area contributed by atoms with Gasteiger partial charge in [-0.1, -0.05) is 12.1 Å². The molecule has 2 N–H and O–H groups in total. The number of oxazole rings is 1. The van der Waals surface area contributed by atoms with Gasteiger partial charge in [0.2, 0.25) is 10.0 Å². The topological polar surface area (TPSA) is 116 Å². The van der Waals surface area contributed by atoms with Crippen LogP contribution in [0.5, 0.6) is 5.75 Å². The Morgan fingerprint density at radius 3 is 2.59 bits per heavy atom. The Hall–Kier alpha value is -2.91. The SMILES string of the molecule is COc1ccc(S(N)(=O)=O)cc1C(=O)N1CCC(c2nc3ccccc3o2)CC1. The molecule has 152 valence electrons. The molecular formula is C20H21N3O5S. The number of piperidine rings is 1. The Bertz CT molecular complexity index is 1130. The predicted octanol–water partition coefficient (Wildman–Crippen LogP) is 2.50. The molecule has 0 atom stereocenters. The van der Waals surface area contributed by atoms with Crippen molar-refractivity contribution < 1.29 is 22.4 Å². The third kappa shape index (κ3) is 3.83. The van der Waals surface area contributed by atoms with Gasteiger partial charge in [0.15, 0.2) is 11.5 Å². The maximum Gasteiger partial charge on any atom is 0.257 e. The Kier molecular flexibility index (Phi) is 5.01. The maximum atomic E-state index is 13.0. The molecule has 2 heterocycles. The Morgan fingerprint density at radius 2 is 1.93 bits per heavy atom. The number of primary sulfonamides is 1. The molecule has 0 bridgehead atoms. The van der Waals surface area contributed by atoms with Gasteiger partial charge < -0.3 is 14.1 Å². The second-order valence-corrected chi connectivity index (χ2v) is 8.55. The number of para-hydroxylation sites is 2. The van der Waals surface area contributed by atoms with Crippen LogP contribution in [-0.2, 0) is 10.0 Å². The molecule has 29 heavy (non-hydrogen) atoms. The third-order valence-corrected chi connectivity index (χ3v) is 6.08. The van der Waals surface area contributed by atoms with E-state index in [0.717, 1.165) is 11.1 Å². The first-order valence-electron chi connectivity index (χ1n) is 9.22. The summed E-state index contributed by atoms with van der Waals surface area (Å²) in [5.41, 5.74) is 1.76. The van der Waals surface area contributed by atoms with Crippen molar-refractivity contribution >= 4 is 27.0 Å². The number of likely N-dealkylation sites (tertiary alicyclic amines) is 1. The number of carbonyl (C=O) groups excluding carboxylic acids is 1. The zero-order valence-electron chi connectivity index (χ0n) is 15.9. The van der Waals surface area contributed by atoms with Crippen molar-refractivity contribution in [2.45, 2.75) is 23.7 Å². The highest BCUT2D eigenvalue weighted by Crippen LogP contribution is 2.31. The molecule has 9 heteroatoms. The number of amides is 1. The predicted molar refractivity (Wildman–Crippen MR) is 106 cm³/mol. The van der Waals surface area contributed by atoms with Crippen molar-refractivity contribution in [3.05, 3.63) is 53.9 Å². The standard InChI is InChI=1S/C20H21N3O5S/c1-27-17-7-6-14(29(21,25)26)12-15(17)20(24)23-10-8-13(9-11-23)19-22-16-4-2-3-5-18(16)28-19/h2-7,12-13H,8-11H2,1H3,(H2,21,25,26). The van der Waals surface area contributed by atoms with Crippen LogP contribution in [0, 0.1) is 0 Å². The number of nitrogens with zero attached hydrogens (tertiary/aromatic N) is 2. The van der Waals surface area contributed by atoms with E-state index in [1.54, 1.807) is 4.90 Å². The minimum atomic E-state index is -3.92. The molecule has 3 aromatic rings. The number of sulfonamides is 1. The van der Waals surface area contributed by atoms with E-state index < -0.39 is 10.0 Å². The number of nitrogens with two attached hydrogens (primary N) is 1. The molecular weight excluding hydrogens is 394 g/mol. The van der Waals surface area contributed by atoms with E-state index in [1.807, 2.05) is 24.3 Å². The highest BCUT2D eigenvalue weighted by molar-refractivity contribution is 7.89. The van der Waals surface area contributed by atoms with Crippen LogP contribution in [0.15, 0.2) is 51.8 Å². The zero-order valence-corrected chi connectivity index (χ0v) is 16.7. The smallest absolute Gasteiger partial charge is 0.257 e. The van der Waals surface area contributed by atoms with E-state index in [9.17, 15) is 13.2 Å². The maximum absolute atomic E-state index is 13.0. The van der Waals surface area contributed by atoms with Crippen molar-refractivity contribution in [2.75, 3.05) is 20.2 Å². The number of carbonyl (C=O) groups is 1. The minimum absolute atomic E-state index is 0.122. The number of rotatable bonds is 4. The molecule has 0 radical (unpaired) electrons. The molecule has 1 aromatic heterocycles. The quantitative estimate of drug-likeness (QED) is 0.700. The summed E-state index contributed by atoms with van der Waals surface area (Å²) in [6.07, 6.45) is 1.41. The Morgan fingerprint density at radius 1 is 1.21 bits per heavy atom. The van der Waals surface area contributed by atoms with Crippen LogP contribution < -0.4 is 9.88 Å². The number of aromatic nitrogens is 1. The van der Waals surface area contributed by atoms with Gasteiger partial charge in [-0.25, -0.2) is 18.5 Å². The molecule has 1 saturated heterocycles. The van der Waals surface area contributed by atoms with Crippen LogP contribution in [-0.4, -0.2) is 44.4 Å². The summed E-state index contributed by atoms with van der Waals surface area (Å²) >= 11 is 0. The summed E-state index contributed by atoms with van der Waals surface area (Å²) in [6, 6.07) is 11.6. The first kappa shape index (κ1) is 19.4. The van der Waals surface area contributed by atoms with Gasteiger partial charge in [-0.2, -0.15) is 0 Å². The van der Waals surface area contributed by atoms with Gasteiger partial charge in [0.05, 0.1) is 17.6 Å².